The summed E-state index contributed by atoms with van der Waals surface area (Å²) in [4.78, 5) is 46.2. The van der Waals surface area contributed by atoms with Gasteiger partial charge in [0.2, 0.25) is 5.91 Å². The monoisotopic (exact) mass is 463 g/mol. The molecule has 180 valence electrons. The third-order valence-electron chi connectivity index (χ3n) is 7.40. The van der Waals surface area contributed by atoms with E-state index in [4.69, 9.17) is 0 Å². The van der Waals surface area contributed by atoms with Crippen LogP contribution in [0, 0.1) is 6.92 Å². The molecule has 2 N–H and O–H groups in total. The van der Waals surface area contributed by atoms with Gasteiger partial charge in [-0.15, -0.1) is 0 Å². The van der Waals surface area contributed by atoms with E-state index in [1.54, 1.807) is 9.47 Å². The van der Waals surface area contributed by atoms with Crippen LogP contribution in [0.1, 0.15) is 84.0 Å². The smallest absolute Gasteiger partial charge is 0.274 e. The molecular weight excluding hydrogens is 430 g/mol. The summed E-state index contributed by atoms with van der Waals surface area (Å²) in [7, 11) is 0. The fourth-order valence-corrected chi connectivity index (χ4v) is 5.30. The third kappa shape index (κ3) is 4.21. The summed E-state index contributed by atoms with van der Waals surface area (Å²) in [5.74, 6) is -0.772. The van der Waals surface area contributed by atoms with Crippen molar-refractivity contribution >= 4 is 17.7 Å². The van der Waals surface area contributed by atoms with Crippen LogP contribution >= 0.6 is 0 Å². The number of carbonyl (C=O) groups excluding carboxylic acids is 3. The zero-order chi connectivity index (χ0) is 23.9. The summed E-state index contributed by atoms with van der Waals surface area (Å²) in [6.07, 6.45) is 8.60. The van der Waals surface area contributed by atoms with Crippen LogP contribution in [-0.4, -0.2) is 49.8 Å². The van der Waals surface area contributed by atoms with E-state index in [0.717, 1.165) is 49.7 Å². The van der Waals surface area contributed by atoms with E-state index < -0.39 is 5.54 Å². The van der Waals surface area contributed by atoms with Crippen LogP contribution in [0.15, 0.2) is 30.6 Å². The number of aromatic nitrogens is 2. The van der Waals surface area contributed by atoms with E-state index in [9.17, 15) is 14.4 Å². The molecule has 0 spiro atoms. The zero-order valence-electron chi connectivity index (χ0n) is 20.0. The van der Waals surface area contributed by atoms with E-state index in [0.29, 0.717) is 12.2 Å². The van der Waals surface area contributed by atoms with Gasteiger partial charge in [0, 0.05) is 18.6 Å². The van der Waals surface area contributed by atoms with Crippen molar-refractivity contribution < 1.29 is 14.4 Å². The Kier molecular flexibility index (Phi) is 5.91. The maximum atomic E-state index is 13.7. The predicted molar refractivity (Wildman–Crippen MR) is 127 cm³/mol. The van der Waals surface area contributed by atoms with Crippen LogP contribution in [0.4, 0.5) is 0 Å². The number of carbonyl (C=O) groups is 3. The van der Waals surface area contributed by atoms with E-state index in [1.807, 2.05) is 38.1 Å². The number of hydrogen-bond donors (Lipinski definition) is 2. The number of amides is 3. The molecule has 2 saturated carbocycles. The second kappa shape index (κ2) is 8.89. The molecular formula is C26H33N5O3. The maximum Gasteiger partial charge on any atom is 0.274 e. The lowest BCUT2D eigenvalue weighted by Gasteiger charge is -2.44. The van der Waals surface area contributed by atoms with Crippen LogP contribution < -0.4 is 10.6 Å². The van der Waals surface area contributed by atoms with Gasteiger partial charge in [0.05, 0.1) is 12.9 Å². The average molecular weight is 464 g/mol. The minimum atomic E-state index is -1.05. The molecule has 0 unspecified atom stereocenters. The minimum absolute atomic E-state index is 0.0144. The Labute approximate surface area is 200 Å². The van der Waals surface area contributed by atoms with Crippen LogP contribution in [0.5, 0.6) is 0 Å². The topological polar surface area (TPSA) is 96.3 Å². The van der Waals surface area contributed by atoms with Crippen molar-refractivity contribution in [2.75, 3.05) is 0 Å². The number of rotatable bonds is 6. The Morgan fingerprint density at radius 3 is 2.47 bits per heavy atom. The first-order chi connectivity index (χ1) is 16.4. The van der Waals surface area contributed by atoms with Crippen molar-refractivity contribution in [1.82, 2.24) is 25.1 Å². The Morgan fingerprint density at radius 1 is 1.09 bits per heavy atom. The van der Waals surface area contributed by atoms with Gasteiger partial charge in [-0.2, -0.15) is 0 Å². The van der Waals surface area contributed by atoms with Crippen LogP contribution in [-0.2, 0) is 17.9 Å². The quantitative estimate of drug-likeness (QED) is 0.688. The largest absolute Gasteiger partial charge is 0.350 e. The van der Waals surface area contributed by atoms with Crippen molar-refractivity contribution in [3.8, 4) is 0 Å². The highest BCUT2D eigenvalue weighted by atomic mass is 16.2. The highest BCUT2D eigenvalue weighted by Crippen LogP contribution is 2.39. The molecule has 2 fully saturated rings. The third-order valence-corrected chi connectivity index (χ3v) is 7.40. The zero-order valence-corrected chi connectivity index (χ0v) is 20.0. The Balaban J connectivity index is 1.37. The molecule has 2 heterocycles. The summed E-state index contributed by atoms with van der Waals surface area (Å²) in [6, 6.07) is 8.17. The number of fused-ring (bicyclic) bond motifs is 1. The molecule has 2 aliphatic carbocycles. The highest BCUT2D eigenvalue weighted by Gasteiger charge is 2.53. The first-order valence-corrected chi connectivity index (χ1v) is 12.4. The van der Waals surface area contributed by atoms with Gasteiger partial charge in [-0.05, 0) is 45.1 Å². The van der Waals surface area contributed by atoms with Crippen molar-refractivity contribution in [1.29, 1.82) is 0 Å². The first kappa shape index (κ1) is 22.6. The molecule has 34 heavy (non-hydrogen) atoms. The standard InChI is InChI=1S/C26H33N5O3/c1-17-8-10-18(11-9-17)14-27-25(34)26(2)15-30-16-28-21(22(30)24(33)31(26)20-12-13-20)23(32)29-19-6-4-3-5-7-19/h8-11,16,19-20H,3-7,12-15H2,1-2H3,(H,27,34)(H,29,32)/t26-/m0/s1. The van der Waals surface area contributed by atoms with Crippen LogP contribution in [0.25, 0.3) is 0 Å². The summed E-state index contributed by atoms with van der Waals surface area (Å²) >= 11 is 0. The number of nitrogens with one attached hydrogen (secondary N) is 2. The molecule has 1 aromatic carbocycles. The van der Waals surface area contributed by atoms with Gasteiger partial charge in [0.25, 0.3) is 11.8 Å². The Hall–Kier alpha value is -3.16. The molecule has 1 aliphatic heterocycles. The van der Waals surface area contributed by atoms with Gasteiger partial charge in [-0.3, -0.25) is 14.4 Å². The number of benzene rings is 1. The Morgan fingerprint density at radius 2 is 1.79 bits per heavy atom. The van der Waals surface area contributed by atoms with Gasteiger partial charge in [-0.25, -0.2) is 4.98 Å². The summed E-state index contributed by atoms with van der Waals surface area (Å²) in [5.41, 5.74) is 1.59. The summed E-state index contributed by atoms with van der Waals surface area (Å²) in [5, 5.41) is 6.10. The fraction of sp³-hybridized carbons (Fsp3) is 0.538. The van der Waals surface area contributed by atoms with Gasteiger partial charge < -0.3 is 20.1 Å². The van der Waals surface area contributed by atoms with E-state index >= 15 is 0 Å². The summed E-state index contributed by atoms with van der Waals surface area (Å²) < 4.78 is 1.68. The number of hydrogen-bond acceptors (Lipinski definition) is 4. The molecule has 5 rings (SSSR count). The average Bonchev–Trinajstić information content (AvgIpc) is 3.56. The van der Waals surface area contributed by atoms with Gasteiger partial charge >= 0.3 is 0 Å². The molecule has 3 amide bonds. The normalized spacial score (nSPS) is 22.9. The van der Waals surface area contributed by atoms with Crippen molar-refractivity contribution in [2.45, 2.75) is 89.5 Å². The minimum Gasteiger partial charge on any atom is -0.350 e. The Bertz CT molecular complexity index is 1100. The molecule has 0 saturated heterocycles. The molecule has 2 aromatic rings. The number of aryl methyl sites for hydroxylation is 1. The van der Waals surface area contributed by atoms with Crippen LogP contribution in [0.2, 0.25) is 0 Å². The second-order valence-electron chi connectivity index (χ2n) is 10.2. The maximum absolute atomic E-state index is 13.7. The molecule has 1 aromatic heterocycles. The molecule has 0 bridgehead atoms. The lowest BCUT2D eigenvalue weighted by molar-refractivity contribution is -0.133. The SMILES string of the molecule is Cc1ccc(CNC(=O)[C@]2(C)Cn3cnc(C(=O)NC4CCCCC4)c3C(=O)N2C2CC2)cc1. The van der Waals surface area contributed by atoms with E-state index in [-0.39, 0.29) is 42.0 Å². The van der Waals surface area contributed by atoms with Crippen LogP contribution in [0.3, 0.4) is 0 Å². The van der Waals surface area contributed by atoms with E-state index in [1.165, 1.54) is 12.7 Å². The summed E-state index contributed by atoms with van der Waals surface area (Å²) in [6.45, 7) is 4.51. The lowest BCUT2D eigenvalue weighted by Crippen LogP contribution is -2.64. The molecule has 3 aliphatic rings. The second-order valence-corrected chi connectivity index (χ2v) is 10.2. The number of imidazole rings is 1. The lowest BCUT2D eigenvalue weighted by atomic mass is 9.93. The molecule has 8 nitrogen and oxygen atoms in total. The molecule has 1 atom stereocenters. The van der Waals surface area contributed by atoms with Gasteiger partial charge in [0.15, 0.2) is 5.69 Å². The highest BCUT2D eigenvalue weighted by molar-refractivity contribution is 6.07. The van der Waals surface area contributed by atoms with Gasteiger partial charge in [-0.1, -0.05) is 49.1 Å². The van der Waals surface area contributed by atoms with Crippen molar-refractivity contribution in [2.24, 2.45) is 0 Å². The van der Waals surface area contributed by atoms with Crippen molar-refractivity contribution in [3.05, 3.63) is 53.1 Å². The molecule has 8 heteroatoms. The predicted octanol–water partition coefficient (Wildman–Crippen LogP) is 2.95. The first-order valence-electron chi connectivity index (χ1n) is 12.4. The number of nitrogens with zero attached hydrogens (tertiary/aromatic N) is 3. The van der Waals surface area contributed by atoms with Crippen molar-refractivity contribution in [3.63, 3.8) is 0 Å². The van der Waals surface area contributed by atoms with Gasteiger partial charge in [0.1, 0.15) is 11.2 Å². The fourth-order valence-electron chi connectivity index (χ4n) is 5.30. The van der Waals surface area contributed by atoms with E-state index in [2.05, 4.69) is 15.6 Å². The molecule has 0 radical (unpaired) electrons.